The summed E-state index contributed by atoms with van der Waals surface area (Å²) in [4.78, 5) is 10.8. The van der Waals surface area contributed by atoms with E-state index in [1.165, 1.54) is 0 Å². The summed E-state index contributed by atoms with van der Waals surface area (Å²) in [5, 5.41) is 0. The van der Waals surface area contributed by atoms with Crippen LogP contribution < -0.4 is 0 Å². The summed E-state index contributed by atoms with van der Waals surface area (Å²) in [7, 11) is 0. The molecular formula is C7H13BrO3. The van der Waals surface area contributed by atoms with E-state index < -0.39 is 6.16 Å². The first-order valence-corrected chi connectivity index (χ1v) is 4.52. The Morgan fingerprint density at radius 3 is 2.64 bits per heavy atom. The zero-order chi connectivity index (χ0) is 8.69. The molecule has 0 rings (SSSR count). The number of hydrogen-bond acceptors (Lipinski definition) is 3. The van der Waals surface area contributed by atoms with Gasteiger partial charge in [0.15, 0.2) is 0 Å². The molecule has 0 aliphatic heterocycles. The van der Waals surface area contributed by atoms with E-state index in [4.69, 9.17) is 4.74 Å². The van der Waals surface area contributed by atoms with Gasteiger partial charge in [0.1, 0.15) is 6.61 Å². The highest BCUT2D eigenvalue weighted by Gasteiger charge is 2.04. The van der Waals surface area contributed by atoms with Gasteiger partial charge in [-0.3, -0.25) is 0 Å². The van der Waals surface area contributed by atoms with Crippen molar-refractivity contribution in [3.8, 4) is 0 Å². The predicted molar refractivity (Wildman–Crippen MR) is 46.0 cm³/mol. The molecule has 66 valence electrons. The molecular weight excluding hydrogens is 212 g/mol. The van der Waals surface area contributed by atoms with Crippen molar-refractivity contribution in [2.45, 2.75) is 25.1 Å². The molecule has 0 radical (unpaired) electrons. The summed E-state index contributed by atoms with van der Waals surface area (Å²) in [5.41, 5.74) is 0. The quantitative estimate of drug-likeness (QED) is 0.544. The van der Waals surface area contributed by atoms with E-state index in [0.29, 0.717) is 13.2 Å². The van der Waals surface area contributed by atoms with Crippen molar-refractivity contribution in [1.29, 1.82) is 0 Å². The highest BCUT2D eigenvalue weighted by molar-refractivity contribution is 9.09. The Hall–Kier alpha value is -0.250. The van der Waals surface area contributed by atoms with Crippen LogP contribution in [0.3, 0.4) is 0 Å². The molecule has 0 amide bonds. The summed E-state index contributed by atoms with van der Waals surface area (Å²) in [6, 6.07) is 0. The SMILES string of the molecule is CCCOC(=O)OCC(C)Br. The zero-order valence-corrected chi connectivity index (χ0v) is 8.39. The van der Waals surface area contributed by atoms with Crippen LogP contribution in [0.15, 0.2) is 0 Å². The molecule has 1 unspecified atom stereocenters. The number of alkyl halides is 1. The summed E-state index contributed by atoms with van der Waals surface area (Å²) in [5.74, 6) is 0. The van der Waals surface area contributed by atoms with Crippen molar-refractivity contribution in [2.75, 3.05) is 13.2 Å². The van der Waals surface area contributed by atoms with E-state index in [1.54, 1.807) is 0 Å². The molecule has 0 N–H and O–H groups in total. The average molecular weight is 225 g/mol. The molecule has 0 fully saturated rings. The van der Waals surface area contributed by atoms with Crippen molar-refractivity contribution < 1.29 is 14.3 Å². The monoisotopic (exact) mass is 224 g/mol. The van der Waals surface area contributed by atoms with Gasteiger partial charge >= 0.3 is 6.16 Å². The lowest BCUT2D eigenvalue weighted by atomic mass is 10.5. The highest BCUT2D eigenvalue weighted by Crippen LogP contribution is 1.98. The number of halogens is 1. The van der Waals surface area contributed by atoms with Crippen LogP contribution in [0.2, 0.25) is 0 Å². The minimum absolute atomic E-state index is 0.177. The number of carbonyl (C=O) groups is 1. The van der Waals surface area contributed by atoms with E-state index in [9.17, 15) is 4.79 Å². The van der Waals surface area contributed by atoms with Gasteiger partial charge in [-0.1, -0.05) is 22.9 Å². The maximum Gasteiger partial charge on any atom is 0.508 e. The number of carbonyl (C=O) groups excluding carboxylic acids is 1. The molecule has 1 atom stereocenters. The molecule has 0 heterocycles. The third-order valence-electron chi connectivity index (χ3n) is 0.855. The van der Waals surface area contributed by atoms with Crippen LogP contribution in [0, 0.1) is 0 Å². The summed E-state index contributed by atoms with van der Waals surface area (Å²) in [6.45, 7) is 4.60. The van der Waals surface area contributed by atoms with Crippen LogP contribution in [0.25, 0.3) is 0 Å². The van der Waals surface area contributed by atoms with E-state index in [0.717, 1.165) is 6.42 Å². The minimum Gasteiger partial charge on any atom is -0.434 e. The van der Waals surface area contributed by atoms with Crippen LogP contribution in [0.1, 0.15) is 20.3 Å². The van der Waals surface area contributed by atoms with E-state index in [-0.39, 0.29) is 4.83 Å². The Morgan fingerprint density at radius 1 is 1.55 bits per heavy atom. The molecule has 0 aliphatic carbocycles. The second kappa shape index (κ2) is 6.46. The fraction of sp³-hybridized carbons (Fsp3) is 0.857. The molecule has 11 heavy (non-hydrogen) atoms. The first-order chi connectivity index (χ1) is 5.16. The minimum atomic E-state index is -0.585. The lowest BCUT2D eigenvalue weighted by Crippen LogP contribution is -2.13. The zero-order valence-electron chi connectivity index (χ0n) is 6.80. The predicted octanol–water partition coefficient (Wildman–Crippen LogP) is 2.33. The molecule has 0 saturated heterocycles. The van der Waals surface area contributed by atoms with Gasteiger partial charge in [0.25, 0.3) is 0 Å². The Morgan fingerprint density at radius 2 is 2.18 bits per heavy atom. The standard InChI is InChI=1S/C7H13BrO3/c1-3-4-10-7(9)11-5-6(2)8/h6H,3-5H2,1-2H3. The molecule has 3 nitrogen and oxygen atoms in total. The second-order valence-electron chi connectivity index (χ2n) is 2.19. The number of hydrogen-bond donors (Lipinski definition) is 0. The van der Waals surface area contributed by atoms with Crippen molar-refractivity contribution >= 4 is 22.1 Å². The van der Waals surface area contributed by atoms with Crippen LogP contribution in [-0.2, 0) is 9.47 Å². The topological polar surface area (TPSA) is 35.5 Å². The summed E-state index contributed by atoms with van der Waals surface area (Å²) >= 11 is 3.24. The Kier molecular flexibility index (Phi) is 6.31. The van der Waals surface area contributed by atoms with Gasteiger partial charge in [-0.25, -0.2) is 4.79 Å². The molecule has 0 aliphatic rings. The number of rotatable bonds is 4. The molecule has 0 aromatic carbocycles. The normalized spacial score (nSPS) is 12.3. The largest absolute Gasteiger partial charge is 0.508 e. The van der Waals surface area contributed by atoms with Gasteiger partial charge in [-0.15, -0.1) is 0 Å². The van der Waals surface area contributed by atoms with Gasteiger partial charge < -0.3 is 9.47 Å². The first-order valence-electron chi connectivity index (χ1n) is 3.60. The van der Waals surface area contributed by atoms with E-state index >= 15 is 0 Å². The maximum atomic E-state index is 10.6. The molecule has 0 bridgehead atoms. The fourth-order valence-electron chi connectivity index (χ4n) is 0.410. The molecule has 0 aromatic rings. The van der Waals surface area contributed by atoms with E-state index in [1.807, 2.05) is 13.8 Å². The van der Waals surface area contributed by atoms with Gasteiger partial charge in [0.2, 0.25) is 0 Å². The van der Waals surface area contributed by atoms with Crippen LogP contribution in [-0.4, -0.2) is 24.2 Å². The third kappa shape index (κ3) is 7.65. The lowest BCUT2D eigenvalue weighted by molar-refractivity contribution is 0.0567. The maximum absolute atomic E-state index is 10.6. The van der Waals surface area contributed by atoms with Crippen LogP contribution in [0.5, 0.6) is 0 Å². The average Bonchev–Trinajstić information content (AvgIpc) is 1.97. The molecule has 0 aromatic heterocycles. The third-order valence-corrected chi connectivity index (χ3v) is 1.12. The Bertz CT molecular complexity index is 114. The van der Waals surface area contributed by atoms with Crippen LogP contribution >= 0.6 is 15.9 Å². The van der Waals surface area contributed by atoms with Crippen molar-refractivity contribution in [2.24, 2.45) is 0 Å². The first kappa shape index (κ1) is 10.8. The number of ether oxygens (including phenoxy) is 2. The molecule has 0 saturated carbocycles. The van der Waals surface area contributed by atoms with Crippen molar-refractivity contribution in [3.05, 3.63) is 0 Å². The smallest absolute Gasteiger partial charge is 0.434 e. The van der Waals surface area contributed by atoms with Gasteiger partial charge in [-0.2, -0.15) is 0 Å². The molecule has 0 spiro atoms. The molecule has 4 heteroatoms. The summed E-state index contributed by atoms with van der Waals surface area (Å²) in [6.07, 6.45) is 0.233. The highest BCUT2D eigenvalue weighted by atomic mass is 79.9. The Balaban J connectivity index is 3.23. The second-order valence-corrected chi connectivity index (χ2v) is 3.75. The van der Waals surface area contributed by atoms with Gasteiger partial charge in [0, 0.05) is 4.83 Å². The van der Waals surface area contributed by atoms with Gasteiger partial charge in [0.05, 0.1) is 6.61 Å². The van der Waals surface area contributed by atoms with E-state index in [2.05, 4.69) is 20.7 Å². The van der Waals surface area contributed by atoms with Crippen molar-refractivity contribution in [1.82, 2.24) is 0 Å². The fourth-order valence-corrected chi connectivity index (χ4v) is 0.542. The summed E-state index contributed by atoms with van der Waals surface area (Å²) < 4.78 is 9.36. The Labute approximate surface area is 75.2 Å². The lowest BCUT2D eigenvalue weighted by Gasteiger charge is -2.05. The van der Waals surface area contributed by atoms with Crippen LogP contribution in [0.4, 0.5) is 4.79 Å². The van der Waals surface area contributed by atoms with Gasteiger partial charge in [-0.05, 0) is 13.3 Å². The van der Waals surface area contributed by atoms with Crippen molar-refractivity contribution in [3.63, 3.8) is 0 Å².